The third-order valence-corrected chi connectivity index (χ3v) is 9.58. The van der Waals surface area contributed by atoms with Gasteiger partial charge >= 0.3 is 0 Å². The minimum absolute atomic E-state index is 0.0625. The molecule has 0 aromatic heterocycles. The predicted octanol–water partition coefficient (Wildman–Crippen LogP) is 6.10. The van der Waals surface area contributed by atoms with Crippen LogP contribution in [0.1, 0.15) is 16.7 Å². The summed E-state index contributed by atoms with van der Waals surface area (Å²) in [6.07, 6.45) is 0.254. The van der Waals surface area contributed by atoms with E-state index in [0.29, 0.717) is 10.2 Å². The molecule has 218 valence electrons. The van der Waals surface area contributed by atoms with Gasteiger partial charge in [-0.1, -0.05) is 98.1 Å². The van der Waals surface area contributed by atoms with Crippen molar-refractivity contribution in [2.24, 2.45) is 0 Å². The fraction of sp³-hybridized carbons (Fsp3) is 0.188. The van der Waals surface area contributed by atoms with Crippen LogP contribution in [0, 0.1) is 6.92 Å². The van der Waals surface area contributed by atoms with Crippen molar-refractivity contribution in [1.29, 1.82) is 0 Å². The van der Waals surface area contributed by atoms with Gasteiger partial charge in [-0.15, -0.1) is 0 Å². The van der Waals surface area contributed by atoms with E-state index in [9.17, 15) is 18.0 Å². The number of benzene rings is 4. The number of likely N-dealkylation sites (N-methyl/N-ethyl adjacent to an activating group) is 1. The summed E-state index contributed by atoms with van der Waals surface area (Å²) in [6, 6.07) is 29.3. The van der Waals surface area contributed by atoms with Gasteiger partial charge < -0.3 is 10.2 Å². The first kappa shape index (κ1) is 31.5. The summed E-state index contributed by atoms with van der Waals surface area (Å²) in [5.74, 6) is -0.863. The second kappa shape index (κ2) is 14.1. The summed E-state index contributed by atoms with van der Waals surface area (Å²) >= 11 is 6.86. The van der Waals surface area contributed by atoms with E-state index in [1.54, 1.807) is 36.4 Å². The van der Waals surface area contributed by atoms with E-state index >= 15 is 0 Å². The Kier molecular flexibility index (Phi) is 10.6. The average molecular weight is 713 g/mol. The molecule has 0 heterocycles. The lowest BCUT2D eigenvalue weighted by molar-refractivity contribution is -0.139. The van der Waals surface area contributed by atoms with Crippen LogP contribution in [0.2, 0.25) is 0 Å². The quantitative estimate of drug-likeness (QED) is 0.204. The highest BCUT2D eigenvalue weighted by Crippen LogP contribution is 2.27. The largest absolute Gasteiger partial charge is 0.357 e. The fourth-order valence-corrected chi connectivity index (χ4v) is 6.56. The lowest BCUT2D eigenvalue weighted by atomic mass is 10.0. The summed E-state index contributed by atoms with van der Waals surface area (Å²) in [5, 5.41) is 2.69. The van der Waals surface area contributed by atoms with E-state index in [1.165, 1.54) is 24.1 Å². The molecule has 4 aromatic rings. The van der Waals surface area contributed by atoms with Crippen molar-refractivity contribution in [1.82, 2.24) is 10.2 Å². The number of sulfonamides is 1. The molecule has 1 atom stereocenters. The number of amides is 2. The first-order valence-electron chi connectivity index (χ1n) is 13.2. The molecule has 7 nitrogen and oxygen atoms in total. The number of hydrogen-bond donors (Lipinski definition) is 1. The molecular weight excluding hydrogens is 682 g/mol. The molecule has 2 amide bonds. The third-order valence-electron chi connectivity index (χ3n) is 6.77. The highest BCUT2D eigenvalue weighted by molar-refractivity contribution is 9.10. The van der Waals surface area contributed by atoms with Gasteiger partial charge in [-0.25, -0.2) is 8.42 Å². The molecule has 42 heavy (non-hydrogen) atoms. The Balaban J connectivity index is 1.78. The fourth-order valence-electron chi connectivity index (χ4n) is 4.50. The standard InChI is InChI=1S/C32H31Br2N3O4S/c1-23-11-17-29(18-12-23)42(40,41)37(28-10-6-9-27(34)20-28)22-31(38)36(21-25-13-15-26(33)16-14-25)30(32(39)35-2)19-24-7-4-3-5-8-24/h3-18,20,30H,19,21-22H2,1-2H3,(H,35,39)/t30-/m1/s1. The van der Waals surface area contributed by atoms with Crippen molar-refractivity contribution in [2.45, 2.75) is 30.8 Å². The SMILES string of the molecule is CNC(=O)[C@@H](Cc1ccccc1)N(Cc1ccc(Br)cc1)C(=O)CN(c1cccc(Br)c1)S(=O)(=O)c1ccc(C)cc1. The number of hydrogen-bond acceptors (Lipinski definition) is 4. The van der Waals surface area contributed by atoms with E-state index in [0.717, 1.165) is 25.5 Å². The molecule has 0 radical (unpaired) electrons. The smallest absolute Gasteiger partial charge is 0.264 e. The van der Waals surface area contributed by atoms with Gasteiger partial charge in [-0.05, 0) is 60.5 Å². The van der Waals surface area contributed by atoms with Crippen molar-refractivity contribution in [3.05, 3.63) is 129 Å². The van der Waals surface area contributed by atoms with Crippen LogP contribution >= 0.6 is 31.9 Å². The van der Waals surface area contributed by atoms with Crippen LogP contribution in [0.25, 0.3) is 0 Å². The minimum Gasteiger partial charge on any atom is -0.357 e. The first-order valence-corrected chi connectivity index (χ1v) is 16.3. The topological polar surface area (TPSA) is 86.8 Å². The monoisotopic (exact) mass is 711 g/mol. The number of carbonyl (C=O) groups excluding carboxylic acids is 2. The van der Waals surface area contributed by atoms with E-state index in [2.05, 4.69) is 37.2 Å². The molecule has 0 aliphatic rings. The maximum atomic E-state index is 14.3. The van der Waals surface area contributed by atoms with Crippen molar-refractivity contribution in [3.63, 3.8) is 0 Å². The normalized spacial score (nSPS) is 11.9. The first-order chi connectivity index (χ1) is 20.1. The molecule has 0 fully saturated rings. The maximum absolute atomic E-state index is 14.3. The summed E-state index contributed by atoms with van der Waals surface area (Å²) < 4.78 is 30.7. The van der Waals surface area contributed by atoms with Crippen LogP contribution < -0.4 is 9.62 Å². The molecule has 0 aliphatic carbocycles. The molecule has 0 unspecified atom stereocenters. The van der Waals surface area contributed by atoms with E-state index in [-0.39, 0.29) is 23.8 Å². The third kappa shape index (κ3) is 7.87. The zero-order chi connectivity index (χ0) is 30.3. The number of aryl methyl sites for hydroxylation is 1. The second-order valence-corrected chi connectivity index (χ2v) is 13.5. The van der Waals surface area contributed by atoms with Gasteiger partial charge in [0.05, 0.1) is 10.6 Å². The van der Waals surface area contributed by atoms with Crippen LogP contribution in [0.5, 0.6) is 0 Å². The molecule has 1 N–H and O–H groups in total. The Hall–Kier alpha value is -3.47. The molecule has 4 aromatic carbocycles. The number of carbonyl (C=O) groups is 2. The molecule has 4 rings (SSSR count). The Bertz CT molecular complexity index is 1630. The zero-order valence-corrected chi connectivity index (χ0v) is 27.2. The Morgan fingerprint density at radius 1 is 0.810 bits per heavy atom. The minimum atomic E-state index is -4.15. The van der Waals surface area contributed by atoms with E-state index in [4.69, 9.17) is 0 Å². The molecular formula is C32H31Br2N3O4S. The molecule has 0 saturated heterocycles. The summed E-state index contributed by atoms with van der Waals surface area (Å²) in [4.78, 5) is 29.1. The summed E-state index contributed by atoms with van der Waals surface area (Å²) in [6.45, 7) is 1.47. The van der Waals surface area contributed by atoms with Gasteiger partial charge in [0.15, 0.2) is 0 Å². The van der Waals surface area contributed by atoms with Gasteiger partial charge in [0.25, 0.3) is 10.0 Å². The van der Waals surface area contributed by atoms with Gasteiger partial charge in [0, 0.05) is 29.0 Å². The summed E-state index contributed by atoms with van der Waals surface area (Å²) in [7, 11) is -2.62. The number of rotatable bonds is 11. The van der Waals surface area contributed by atoms with Crippen LogP contribution in [-0.2, 0) is 32.6 Å². The molecule has 10 heteroatoms. The van der Waals surface area contributed by atoms with Crippen LogP contribution in [0.4, 0.5) is 5.69 Å². The predicted molar refractivity (Wildman–Crippen MR) is 173 cm³/mol. The van der Waals surface area contributed by atoms with Crippen LogP contribution in [0.15, 0.2) is 117 Å². The number of anilines is 1. The molecule has 0 saturated carbocycles. The highest BCUT2D eigenvalue weighted by atomic mass is 79.9. The average Bonchev–Trinajstić information content (AvgIpc) is 2.98. The zero-order valence-electron chi connectivity index (χ0n) is 23.2. The van der Waals surface area contributed by atoms with Crippen molar-refractivity contribution in [2.75, 3.05) is 17.9 Å². The van der Waals surface area contributed by atoms with E-state index in [1.807, 2.05) is 61.5 Å². The van der Waals surface area contributed by atoms with Gasteiger partial charge in [0.1, 0.15) is 12.6 Å². The lowest BCUT2D eigenvalue weighted by Gasteiger charge is -2.33. The van der Waals surface area contributed by atoms with E-state index < -0.39 is 28.5 Å². The second-order valence-electron chi connectivity index (χ2n) is 9.77. The maximum Gasteiger partial charge on any atom is 0.264 e. The Morgan fingerprint density at radius 3 is 2.10 bits per heavy atom. The molecule has 0 spiro atoms. The number of halogens is 2. The lowest BCUT2D eigenvalue weighted by Crippen LogP contribution is -2.53. The van der Waals surface area contributed by atoms with Crippen molar-refractivity contribution < 1.29 is 18.0 Å². The number of nitrogens with one attached hydrogen (secondary N) is 1. The number of nitrogens with zero attached hydrogens (tertiary/aromatic N) is 2. The molecule has 0 aliphatic heterocycles. The Labute approximate surface area is 263 Å². The van der Waals surface area contributed by atoms with Gasteiger partial charge in [-0.3, -0.25) is 13.9 Å². The van der Waals surface area contributed by atoms with Crippen LogP contribution in [-0.4, -0.2) is 44.8 Å². The van der Waals surface area contributed by atoms with Gasteiger partial charge in [0.2, 0.25) is 11.8 Å². The van der Waals surface area contributed by atoms with Crippen molar-refractivity contribution in [3.8, 4) is 0 Å². The summed E-state index contributed by atoms with van der Waals surface area (Å²) in [5.41, 5.74) is 2.90. The highest BCUT2D eigenvalue weighted by Gasteiger charge is 2.34. The van der Waals surface area contributed by atoms with Crippen LogP contribution in [0.3, 0.4) is 0 Å². The van der Waals surface area contributed by atoms with Crippen molar-refractivity contribution >= 4 is 59.4 Å². The Morgan fingerprint density at radius 2 is 1.48 bits per heavy atom. The molecule has 0 bridgehead atoms. The van der Waals surface area contributed by atoms with Gasteiger partial charge in [-0.2, -0.15) is 0 Å².